The van der Waals surface area contributed by atoms with Gasteiger partial charge in [-0.3, -0.25) is 0 Å². The Hall–Kier alpha value is -2.79. The normalized spacial score (nSPS) is 18.2. The van der Waals surface area contributed by atoms with Crippen LogP contribution in [0.15, 0.2) is 46.7 Å². The summed E-state index contributed by atoms with van der Waals surface area (Å²) < 4.78 is 44.3. The Balaban J connectivity index is 0.00000638. The van der Waals surface area contributed by atoms with E-state index in [-0.39, 0.29) is 17.7 Å². The molecule has 0 spiro atoms. The van der Waals surface area contributed by atoms with Crippen molar-refractivity contribution in [3.8, 4) is 0 Å². The molecule has 1 aromatic rings. The van der Waals surface area contributed by atoms with Crippen LogP contribution >= 0.6 is 0 Å². The molecule has 2 N–H and O–H groups in total. The highest BCUT2D eigenvalue weighted by Gasteiger charge is 2.36. The highest BCUT2D eigenvalue weighted by atomic mass is 19.4. The number of halogens is 3. The topological polar surface area (TPSA) is 60.0 Å². The number of anilines is 2. The molecule has 1 saturated heterocycles. The van der Waals surface area contributed by atoms with Gasteiger partial charge in [0.15, 0.2) is 0 Å². The van der Waals surface area contributed by atoms with Gasteiger partial charge in [0, 0.05) is 41.8 Å². The molecule has 3 unspecified atom stereocenters. The van der Waals surface area contributed by atoms with Gasteiger partial charge in [-0.15, -0.1) is 0 Å². The number of quaternary nitrogens is 1. The summed E-state index contributed by atoms with van der Waals surface area (Å²) in [5.41, 5.74) is 2.42. The Morgan fingerprint density at radius 3 is 2.43 bits per heavy atom. The number of piperazine rings is 1. The van der Waals surface area contributed by atoms with E-state index in [1.165, 1.54) is 12.5 Å². The Bertz CT molecular complexity index is 1250. The van der Waals surface area contributed by atoms with Crippen LogP contribution in [0.3, 0.4) is 0 Å². The third kappa shape index (κ3) is 15.8. The second-order valence-corrected chi connectivity index (χ2v) is 14.4. The molecule has 0 aliphatic carbocycles. The third-order valence-corrected chi connectivity index (χ3v) is 10.2. The SMILES string of the molecule is CCC/C=C(NCCCN(C)C(CC)CC(C=O)CCCC)/C(=C\N=C(C)Nc1ccc(N2CC[N+](C)(C)C(C)C2)cc1CC)C(F)(F)F.[B]C. The number of carbonyl (C=O) groups is 1. The van der Waals surface area contributed by atoms with Crippen molar-refractivity contribution in [2.24, 2.45) is 10.9 Å². The van der Waals surface area contributed by atoms with Crippen LogP contribution in [0.2, 0.25) is 6.82 Å². The highest BCUT2D eigenvalue weighted by molar-refractivity contribution is 6.05. The van der Waals surface area contributed by atoms with E-state index in [0.29, 0.717) is 31.3 Å². The number of amidine groups is 1. The minimum Gasteiger partial charge on any atom is -0.385 e. The van der Waals surface area contributed by atoms with E-state index in [0.717, 1.165) is 99.3 Å². The molecule has 0 bridgehead atoms. The molecule has 0 aromatic heterocycles. The molecule has 3 atom stereocenters. The van der Waals surface area contributed by atoms with Crippen molar-refractivity contribution in [3.05, 3.63) is 47.3 Å². The number of hydrogen-bond acceptors (Lipinski definition) is 5. The van der Waals surface area contributed by atoms with Gasteiger partial charge in [0.2, 0.25) is 0 Å². The second kappa shape index (κ2) is 23.7. The van der Waals surface area contributed by atoms with Crippen LogP contribution < -0.4 is 15.5 Å². The average molecular weight is 718 g/mol. The van der Waals surface area contributed by atoms with E-state index >= 15 is 0 Å². The number of benzene rings is 1. The lowest BCUT2D eigenvalue weighted by Gasteiger charge is -2.45. The van der Waals surface area contributed by atoms with Gasteiger partial charge in [-0.2, -0.15) is 13.2 Å². The van der Waals surface area contributed by atoms with E-state index < -0.39 is 11.7 Å². The number of nitrogens with one attached hydrogen (secondary N) is 2. The first-order chi connectivity index (χ1) is 24.2. The zero-order chi connectivity index (χ0) is 38.6. The van der Waals surface area contributed by atoms with Crippen molar-refractivity contribution in [1.29, 1.82) is 0 Å². The number of nitrogens with zero attached hydrogens (tertiary/aromatic N) is 4. The average Bonchev–Trinajstić information content (AvgIpc) is 3.10. The quantitative estimate of drug-likeness (QED) is 0.0269. The van der Waals surface area contributed by atoms with Crippen LogP contribution in [0, 0.1) is 5.92 Å². The van der Waals surface area contributed by atoms with Crippen molar-refractivity contribution in [3.63, 3.8) is 0 Å². The lowest BCUT2D eigenvalue weighted by atomic mass is 9.94. The molecule has 51 heavy (non-hydrogen) atoms. The van der Waals surface area contributed by atoms with Crippen LogP contribution in [0.1, 0.15) is 98.5 Å². The Morgan fingerprint density at radius 2 is 1.86 bits per heavy atom. The fourth-order valence-corrected chi connectivity index (χ4v) is 6.36. The summed E-state index contributed by atoms with van der Waals surface area (Å²) in [6.07, 6.45) is 6.57. The Morgan fingerprint density at radius 1 is 1.16 bits per heavy atom. The maximum absolute atomic E-state index is 14.4. The predicted octanol–water partition coefficient (Wildman–Crippen LogP) is 8.78. The van der Waals surface area contributed by atoms with Crippen molar-refractivity contribution >= 4 is 31.3 Å². The van der Waals surface area contributed by atoms with Gasteiger partial charge in [-0.05, 0) is 89.7 Å². The molecule has 2 rings (SSSR count). The number of likely N-dealkylation sites (N-methyl/N-ethyl adjacent to an activating group) is 1. The zero-order valence-corrected chi connectivity index (χ0v) is 33.5. The van der Waals surface area contributed by atoms with E-state index in [1.807, 2.05) is 20.0 Å². The van der Waals surface area contributed by atoms with E-state index in [4.69, 9.17) is 0 Å². The molecule has 288 valence electrons. The summed E-state index contributed by atoms with van der Waals surface area (Å²) in [5, 5.41) is 6.35. The maximum Gasteiger partial charge on any atom is 0.419 e. The van der Waals surface area contributed by atoms with E-state index in [2.05, 4.69) is 87.2 Å². The fraction of sp³-hybridized carbons (Fsp3) is 0.700. The Labute approximate surface area is 310 Å². The number of allylic oxidation sites excluding steroid dienone is 2. The van der Waals surface area contributed by atoms with Crippen molar-refractivity contribution in [1.82, 2.24) is 10.2 Å². The van der Waals surface area contributed by atoms with Gasteiger partial charge >= 0.3 is 6.18 Å². The number of unbranched alkanes of at least 4 members (excludes halogenated alkanes) is 2. The molecule has 7 nitrogen and oxygen atoms in total. The molecule has 1 aromatic carbocycles. The largest absolute Gasteiger partial charge is 0.419 e. The molecular weight excluding hydrogens is 648 g/mol. The van der Waals surface area contributed by atoms with Crippen LogP contribution in [0.25, 0.3) is 0 Å². The zero-order valence-electron chi connectivity index (χ0n) is 33.5. The minimum atomic E-state index is -4.57. The molecule has 1 heterocycles. The molecule has 1 aliphatic heterocycles. The summed E-state index contributed by atoms with van der Waals surface area (Å²) in [5.74, 6) is 0.445. The molecule has 0 saturated carbocycles. The summed E-state index contributed by atoms with van der Waals surface area (Å²) in [6, 6.07) is 7.07. The lowest BCUT2D eigenvalue weighted by Crippen LogP contribution is -2.60. The summed E-state index contributed by atoms with van der Waals surface area (Å²) >= 11 is 0. The first kappa shape index (κ1) is 46.2. The van der Waals surface area contributed by atoms with Crippen molar-refractivity contribution in [2.45, 2.75) is 124 Å². The molecule has 11 heteroatoms. The molecule has 1 aliphatic rings. The predicted molar refractivity (Wildman–Crippen MR) is 213 cm³/mol. The van der Waals surface area contributed by atoms with Crippen molar-refractivity contribution < 1.29 is 22.4 Å². The number of aldehydes is 1. The van der Waals surface area contributed by atoms with Crippen LogP contribution in [-0.4, -0.2) is 101 Å². The standard InChI is InChI=1S/C39H66F3N6O.CH3B/c1-10-14-17-32(29-49)25-34(13-4)46(7)22-16-21-43-38(18-15-11-2)36(39(40,41)42)27-44-31(6)45-37-20-19-35(26-33(37)12-3)47-23-24-48(8,9)30(5)28-47;1-2/h18-20,26-27,29-30,32,34,43H,10-17,21-25,28H2,1-9H3,(H,44,45);1H3/q+1;/b36-27+,38-18-;. The van der Waals surface area contributed by atoms with Gasteiger partial charge in [-0.25, -0.2) is 4.99 Å². The molecule has 2 radical (unpaired) electrons. The summed E-state index contributed by atoms with van der Waals surface area (Å²) in [7, 11) is 11.1. The lowest BCUT2D eigenvalue weighted by molar-refractivity contribution is -0.913. The second-order valence-electron chi connectivity index (χ2n) is 14.4. The summed E-state index contributed by atoms with van der Waals surface area (Å²) in [6.45, 7) is 17.9. The first-order valence-electron chi connectivity index (χ1n) is 19.2. The number of aliphatic imine (C=N–C) groups is 1. The van der Waals surface area contributed by atoms with E-state index in [9.17, 15) is 18.0 Å². The summed E-state index contributed by atoms with van der Waals surface area (Å²) in [4.78, 5) is 20.5. The van der Waals surface area contributed by atoms with Crippen LogP contribution in [0.4, 0.5) is 24.5 Å². The van der Waals surface area contributed by atoms with Gasteiger partial charge in [0.05, 0.1) is 47.1 Å². The highest BCUT2D eigenvalue weighted by Crippen LogP contribution is 2.31. The van der Waals surface area contributed by atoms with Gasteiger partial charge in [0.25, 0.3) is 0 Å². The van der Waals surface area contributed by atoms with Crippen molar-refractivity contribution in [2.75, 3.05) is 64.1 Å². The monoisotopic (exact) mass is 718 g/mol. The Kier molecular flexibility index (Phi) is 21.5. The minimum absolute atomic E-state index is 0.0516. The van der Waals surface area contributed by atoms with Gasteiger partial charge < -0.3 is 29.7 Å². The number of aryl methyl sites for hydroxylation is 1. The smallest absolute Gasteiger partial charge is 0.385 e. The van der Waals surface area contributed by atoms with Gasteiger partial charge in [-0.1, -0.05) is 59.9 Å². The molecule has 0 amide bonds. The van der Waals surface area contributed by atoms with Crippen LogP contribution in [-0.2, 0) is 11.2 Å². The number of alkyl halides is 3. The van der Waals surface area contributed by atoms with Gasteiger partial charge in [0.1, 0.15) is 18.2 Å². The maximum atomic E-state index is 14.4. The number of hydrogen-bond donors (Lipinski definition) is 2. The number of carbonyl (C=O) groups excluding carboxylic acids is 1. The van der Waals surface area contributed by atoms with Crippen LogP contribution in [0.5, 0.6) is 0 Å². The molecule has 1 fully saturated rings. The number of rotatable bonds is 20. The fourth-order valence-electron chi connectivity index (χ4n) is 6.36. The first-order valence-corrected chi connectivity index (χ1v) is 19.2. The third-order valence-electron chi connectivity index (χ3n) is 10.2. The molecular formula is C40H69BF3N6O+. The van der Waals surface area contributed by atoms with E-state index in [1.54, 1.807) is 13.0 Å².